The highest BCUT2D eigenvalue weighted by atomic mass is 16.5. The minimum Gasteiger partial charge on any atom is -0.481 e. The highest BCUT2D eigenvalue weighted by Gasteiger charge is 2.08. The number of aryl methyl sites for hydroxylation is 1. The Labute approximate surface area is 142 Å². The summed E-state index contributed by atoms with van der Waals surface area (Å²) in [6.07, 6.45) is 8.18. The van der Waals surface area contributed by atoms with E-state index in [0.717, 1.165) is 23.0 Å². The van der Waals surface area contributed by atoms with Crippen molar-refractivity contribution >= 4 is 16.8 Å². The van der Waals surface area contributed by atoms with Gasteiger partial charge in [-0.05, 0) is 51.2 Å². The Morgan fingerprint density at radius 3 is 3.00 bits per heavy atom. The smallest absolute Gasteiger partial charge is 0.257 e. The molecule has 1 aliphatic rings. The van der Waals surface area contributed by atoms with Crippen molar-refractivity contribution in [1.29, 1.82) is 0 Å². The van der Waals surface area contributed by atoms with Crippen molar-refractivity contribution in [2.24, 2.45) is 0 Å². The van der Waals surface area contributed by atoms with Gasteiger partial charge in [0.2, 0.25) is 0 Å². The van der Waals surface area contributed by atoms with Gasteiger partial charge in [-0.25, -0.2) is 4.98 Å². The zero-order valence-corrected chi connectivity index (χ0v) is 14.2. The summed E-state index contributed by atoms with van der Waals surface area (Å²) >= 11 is 0. The van der Waals surface area contributed by atoms with Crippen LogP contribution in [0, 0.1) is 6.92 Å². The second kappa shape index (κ2) is 7.95. The molecule has 0 aliphatic heterocycles. The first-order chi connectivity index (χ1) is 11.7. The molecule has 4 heteroatoms. The molecule has 4 nitrogen and oxygen atoms in total. The van der Waals surface area contributed by atoms with E-state index >= 15 is 0 Å². The summed E-state index contributed by atoms with van der Waals surface area (Å²) in [5.41, 5.74) is 3.21. The highest BCUT2D eigenvalue weighted by Crippen LogP contribution is 2.24. The van der Waals surface area contributed by atoms with Gasteiger partial charge in [-0.2, -0.15) is 0 Å². The second-order valence-corrected chi connectivity index (χ2v) is 6.28. The van der Waals surface area contributed by atoms with E-state index in [1.54, 1.807) is 0 Å². The number of benzene rings is 1. The number of aromatic nitrogens is 1. The Hall–Kier alpha value is -2.36. The number of pyridine rings is 1. The van der Waals surface area contributed by atoms with Gasteiger partial charge in [0.05, 0.1) is 0 Å². The van der Waals surface area contributed by atoms with Crippen LogP contribution in [0.4, 0.5) is 0 Å². The highest BCUT2D eigenvalue weighted by molar-refractivity contribution is 5.85. The average Bonchev–Trinajstić information content (AvgIpc) is 2.61. The molecular formula is C20H24N2O2. The summed E-state index contributed by atoms with van der Waals surface area (Å²) in [4.78, 5) is 16.5. The number of hydrogen-bond donors (Lipinski definition) is 1. The lowest BCUT2D eigenvalue weighted by Gasteiger charge is -2.13. The van der Waals surface area contributed by atoms with Crippen LogP contribution in [-0.2, 0) is 4.79 Å². The molecule has 3 rings (SSSR count). The van der Waals surface area contributed by atoms with E-state index in [-0.39, 0.29) is 12.5 Å². The molecule has 0 saturated heterocycles. The van der Waals surface area contributed by atoms with Gasteiger partial charge in [0, 0.05) is 17.6 Å². The fourth-order valence-corrected chi connectivity index (χ4v) is 3.02. The number of ether oxygens (including phenoxy) is 1. The number of allylic oxidation sites excluding steroid dienone is 1. The van der Waals surface area contributed by atoms with E-state index in [2.05, 4.69) is 16.4 Å². The van der Waals surface area contributed by atoms with Crippen LogP contribution >= 0.6 is 0 Å². The van der Waals surface area contributed by atoms with Crippen molar-refractivity contribution in [3.05, 3.63) is 47.7 Å². The normalized spacial score (nSPS) is 14.3. The molecule has 2 aromatic rings. The lowest BCUT2D eigenvalue weighted by molar-refractivity contribution is -0.123. The van der Waals surface area contributed by atoms with Crippen molar-refractivity contribution in [2.75, 3.05) is 13.2 Å². The molecular weight excluding hydrogens is 300 g/mol. The molecule has 0 bridgehead atoms. The van der Waals surface area contributed by atoms with Gasteiger partial charge in [0.15, 0.2) is 6.61 Å². The first-order valence-corrected chi connectivity index (χ1v) is 8.66. The molecule has 0 spiro atoms. The Bertz CT molecular complexity index is 752. The van der Waals surface area contributed by atoms with E-state index in [4.69, 9.17) is 4.74 Å². The lowest BCUT2D eigenvalue weighted by Crippen LogP contribution is -2.30. The standard InChI is InChI=1S/C20H24N2O2/c1-15-10-11-17-8-5-9-18(20(17)22-15)24-14-19(23)21-13-12-16-6-3-2-4-7-16/h5-6,8-11H,2-4,7,12-14H2,1H3,(H,21,23). The van der Waals surface area contributed by atoms with Crippen LogP contribution in [0.1, 0.15) is 37.8 Å². The van der Waals surface area contributed by atoms with Crippen molar-refractivity contribution in [3.8, 4) is 5.75 Å². The number of hydrogen-bond acceptors (Lipinski definition) is 3. The Balaban J connectivity index is 1.51. The number of amides is 1. The summed E-state index contributed by atoms with van der Waals surface area (Å²) in [5.74, 6) is 0.567. The quantitative estimate of drug-likeness (QED) is 0.819. The number of fused-ring (bicyclic) bond motifs is 1. The van der Waals surface area contributed by atoms with Crippen LogP contribution < -0.4 is 10.1 Å². The second-order valence-electron chi connectivity index (χ2n) is 6.28. The first-order valence-electron chi connectivity index (χ1n) is 8.66. The Morgan fingerprint density at radius 1 is 1.25 bits per heavy atom. The Morgan fingerprint density at radius 2 is 2.17 bits per heavy atom. The lowest BCUT2D eigenvalue weighted by atomic mass is 9.97. The van der Waals surface area contributed by atoms with Gasteiger partial charge >= 0.3 is 0 Å². The maximum absolute atomic E-state index is 12.0. The third-order valence-electron chi connectivity index (χ3n) is 4.33. The maximum Gasteiger partial charge on any atom is 0.257 e. The molecule has 1 aromatic heterocycles. The minimum absolute atomic E-state index is 0.0216. The molecule has 1 N–H and O–H groups in total. The van der Waals surface area contributed by atoms with Crippen molar-refractivity contribution in [2.45, 2.75) is 39.0 Å². The minimum atomic E-state index is -0.0870. The van der Waals surface area contributed by atoms with E-state index in [0.29, 0.717) is 12.3 Å². The van der Waals surface area contributed by atoms with Crippen LogP contribution in [0.3, 0.4) is 0 Å². The van der Waals surface area contributed by atoms with Crippen LogP contribution in [0.2, 0.25) is 0 Å². The fourth-order valence-electron chi connectivity index (χ4n) is 3.02. The fraction of sp³-hybridized carbons (Fsp3) is 0.400. The number of carbonyl (C=O) groups is 1. The van der Waals surface area contributed by atoms with Gasteiger partial charge in [0.25, 0.3) is 5.91 Å². The van der Waals surface area contributed by atoms with Gasteiger partial charge < -0.3 is 10.1 Å². The number of para-hydroxylation sites is 1. The summed E-state index contributed by atoms with van der Waals surface area (Å²) in [6.45, 7) is 2.65. The summed E-state index contributed by atoms with van der Waals surface area (Å²) in [7, 11) is 0. The summed E-state index contributed by atoms with van der Waals surface area (Å²) in [6, 6.07) is 9.75. The van der Waals surface area contributed by atoms with Crippen molar-refractivity contribution in [1.82, 2.24) is 10.3 Å². The van der Waals surface area contributed by atoms with Crippen LogP contribution in [0.25, 0.3) is 10.9 Å². The number of nitrogens with one attached hydrogen (secondary N) is 1. The van der Waals surface area contributed by atoms with Crippen molar-refractivity contribution in [3.63, 3.8) is 0 Å². The molecule has 0 unspecified atom stereocenters. The molecule has 0 radical (unpaired) electrons. The molecule has 1 amide bonds. The molecule has 0 atom stereocenters. The van der Waals surface area contributed by atoms with Gasteiger partial charge in [-0.3, -0.25) is 4.79 Å². The Kier molecular flexibility index (Phi) is 5.47. The number of nitrogens with zero attached hydrogens (tertiary/aromatic N) is 1. The molecule has 0 fully saturated rings. The molecule has 0 saturated carbocycles. The zero-order valence-electron chi connectivity index (χ0n) is 14.2. The van der Waals surface area contributed by atoms with Crippen LogP contribution in [-0.4, -0.2) is 24.0 Å². The number of rotatable bonds is 6. The first kappa shape index (κ1) is 16.5. The van der Waals surface area contributed by atoms with Gasteiger partial charge in [0.1, 0.15) is 11.3 Å². The predicted octanol–water partition coefficient (Wildman–Crippen LogP) is 3.93. The molecule has 1 aliphatic carbocycles. The van der Waals surface area contributed by atoms with E-state index in [1.807, 2.05) is 37.3 Å². The van der Waals surface area contributed by atoms with Crippen LogP contribution in [0.15, 0.2) is 42.0 Å². The third kappa shape index (κ3) is 4.34. The SMILES string of the molecule is Cc1ccc2cccc(OCC(=O)NCCC3=CCCCC3)c2n1. The summed E-state index contributed by atoms with van der Waals surface area (Å²) in [5, 5.41) is 3.95. The average molecular weight is 324 g/mol. The third-order valence-corrected chi connectivity index (χ3v) is 4.33. The topological polar surface area (TPSA) is 51.2 Å². The van der Waals surface area contributed by atoms with E-state index in [1.165, 1.54) is 31.3 Å². The maximum atomic E-state index is 12.0. The number of carbonyl (C=O) groups excluding carboxylic acids is 1. The van der Waals surface area contributed by atoms with Crippen LogP contribution in [0.5, 0.6) is 5.75 Å². The molecule has 1 aromatic carbocycles. The molecule has 126 valence electrons. The van der Waals surface area contributed by atoms with E-state index < -0.39 is 0 Å². The zero-order chi connectivity index (χ0) is 16.8. The van der Waals surface area contributed by atoms with E-state index in [9.17, 15) is 4.79 Å². The molecule has 24 heavy (non-hydrogen) atoms. The van der Waals surface area contributed by atoms with Gasteiger partial charge in [-0.15, -0.1) is 0 Å². The monoisotopic (exact) mass is 324 g/mol. The largest absolute Gasteiger partial charge is 0.481 e. The summed E-state index contributed by atoms with van der Waals surface area (Å²) < 4.78 is 5.69. The van der Waals surface area contributed by atoms with Crippen molar-refractivity contribution < 1.29 is 9.53 Å². The van der Waals surface area contributed by atoms with Gasteiger partial charge in [-0.1, -0.05) is 29.8 Å². The molecule has 1 heterocycles. The predicted molar refractivity (Wildman–Crippen MR) is 96.2 cm³/mol.